The molecule has 82 valence electrons. The summed E-state index contributed by atoms with van der Waals surface area (Å²) in [5.74, 6) is 2.19. The second-order valence-corrected chi connectivity index (χ2v) is 4.76. The molecule has 0 radical (unpaired) electrons. The molecule has 0 aromatic carbocycles. The van der Waals surface area contributed by atoms with Crippen LogP contribution in [0.3, 0.4) is 0 Å². The molecule has 1 saturated carbocycles. The van der Waals surface area contributed by atoms with Crippen LogP contribution in [0.2, 0.25) is 0 Å². The lowest BCUT2D eigenvalue weighted by atomic mass is 9.76. The lowest BCUT2D eigenvalue weighted by Gasteiger charge is -2.29. The van der Waals surface area contributed by atoms with Gasteiger partial charge in [0.2, 0.25) is 0 Å². The van der Waals surface area contributed by atoms with Crippen molar-refractivity contribution in [1.82, 2.24) is 0 Å². The number of ether oxygens (including phenoxy) is 1. The second-order valence-electron chi connectivity index (χ2n) is 4.76. The highest BCUT2D eigenvalue weighted by atomic mass is 16.5. The van der Waals surface area contributed by atoms with Gasteiger partial charge in [0.15, 0.2) is 5.78 Å². The number of hydrogen-bond donors (Lipinski definition) is 0. The Balaban J connectivity index is 2.31. The van der Waals surface area contributed by atoms with Crippen LogP contribution >= 0.6 is 0 Å². The Bertz CT molecular complexity index is 179. The van der Waals surface area contributed by atoms with Gasteiger partial charge in [0.25, 0.3) is 0 Å². The predicted molar refractivity (Wildman–Crippen MR) is 57.2 cm³/mol. The molecular formula is C12H22O2. The SMILES string of the molecule is COCC(=O)C1CCC(C(C)C)CC1. The molecule has 2 nitrogen and oxygen atoms in total. The Kier molecular flexibility index (Phi) is 4.59. The molecule has 0 aromatic rings. The van der Waals surface area contributed by atoms with Gasteiger partial charge in [-0.15, -0.1) is 0 Å². The summed E-state index contributed by atoms with van der Waals surface area (Å²) in [4.78, 5) is 11.5. The largest absolute Gasteiger partial charge is 0.377 e. The first-order valence-electron chi connectivity index (χ1n) is 5.66. The first kappa shape index (κ1) is 11.7. The number of hydrogen-bond acceptors (Lipinski definition) is 2. The fourth-order valence-corrected chi connectivity index (χ4v) is 2.37. The van der Waals surface area contributed by atoms with E-state index in [1.165, 1.54) is 12.8 Å². The number of rotatable bonds is 4. The predicted octanol–water partition coefficient (Wildman–Crippen LogP) is 2.66. The molecule has 0 unspecified atom stereocenters. The zero-order valence-corrected chi connectivity index (χ0v) is 9.58. The third-order valence-electron chi connectivity index (χ3n) is 3.46. The number of ketones is 1. The molecule has 0 heterocycles. The maximum absolute atomic E-state index is 11.5. The Labute approximate surface area is 87.0 Å². The van der Waals surface area contributed by atoms with Gasteiger partial charge in [-0.1, -0.05) is 13.8 Å². The monoisotopic (exact) mass is 198 g/mol. The van der Waals surface area contributed by atoms with Gasteiger partial charge >= 0.3 is 0 Å². The van der Waals surface area contributed by atoms with Crippen LogP contribution in [-0.4, -0.2) is 19.5 Å². The molecule has 0 amide bonds. The highest BCUT2D eigenvalue weighted by molar-refractivity contribution is 5.82. The van der Waals surface area contributed by atoms with Crippen LogP contribution in [0.1, 0.15) is 39.5 Å². The second kappa shape index (κ2) is 5.50. The zero-order valence-electron chi connectivity index (χ0n) is 9.58. The van der Waals surface area contributed by atoms with Gasteiger partial charge in [-0.05, 0) is 37.5 Å². The summed E-state index contributed by atoms with van der Waals surface area (Å²) in [7, 11) is 1.59. The van der Waals surface area contributed by atoms with Crippen molar-refractivity contribution in [3.63, 3.8) is 0 Å². The van der Waals surface area contributed by atoms with E-state index in [1.807, 2.05) is 0 Å². The van der Waals surface area contributed by atoms with Crippen LogP contribution in [0.25, 0.3) is 0 Å². The summed E-state index contributed by atoms with van der Waals surface area (Å²) in [6.07, 6.45) is 4.59. The minimum Gasteiger partial charge on any atom is -0.377 e. The van der Waals surface area contributed by atoms with Gasteiger partial charge in [-0.25, -0.2) is 0 Å². The number of carbonyl (C=O) groups excluding carboxylic acids is 1. The summed E-state index contributed by atoms with van der Waals surface area (Å²) < 4.78 is 4.88. The molecule has 1 aliphatic carbocycles. The highest BCUT2D eigenvalue weighted by Gasteiger charge is 2.27. The van der Waals surface area contributed by atoms with Gasteiger partial charge in [0.05, 0.1) is 0 Å². The zero-order chi connectivity index (χ0) is 10.6. The Morgan fingerprint density at radius 2 is 1.86 bits per heavy atom. The van der Waals surface area contributed by atoms with E-state index in [9.17, 15) is 4.79 Å². The summed E-state index contributed by atoms with van der Waals surface area (Å²) in [5.41, 5.74) is 0. The number of methoxy groups -OCH3 is 1. The van der Waals surface area contributed by atoms with Crippen molar-refractivity contribution in [1.29, 1.82) is 0 Å². The summed E-state index contributed by atoms with van der Waals surface area (Å²) in [6.45, 7) is 4.86. The third kappa shape index (κ3) is 3.09. The van der Waals surface area contributed by atoms with Crippen molar-refractivity contribution in [3.8, 4) is 0 Å². The van der Waals surface area contributed by atoms with Crippen molar-refractivity contribution < 1.29 is 9.53 Å². The van der Waals surface area contributed by atoms with E-state index in [-0.39, 0.29) is 5.92 Å². The normalized spacial score (nSPS) is 28.0. The fourth-order valence-electron chi connectivity index (χ4n) is 2.37. The van der Waals surface area contributed by atoms with Crippen LogP contribution < -0.4 is 0 Å². The van der Waals surface area contributed by atoms with Gasteiger partial charge in [0.1, 0.15) is 6.61 Å². The molecule has 1 fully saturated rings. The van der Waals surface area contributed by atoms with E-state index in [4.69, 9.17) is 4.74 Å². The van der Waals surface area contributed by atoms with Crippen molar-refractivity contribution in [3.05, 3.63) is 0 Å². The summed E-state index contributed by atoms with van der Waals surface area (Å²) in [6, 6.07) is 0. The molecule has 0 aromatic heterocycles. The lowest BCUT2D eigenvalue weighted by Crippen LogP contribution is -2.26. The molecule has 14 heavy (non-hydrogen) atoms. The Morgan fingerprint density at radius 3 is 2.29 bits per heavy atom. The third-order valence-corrected chi connectivity index (χ3v) is 3.46. The van der Waals surface area contributed by atoms with Crippen LogP contribution in [0.4, 0.5) is 0 Å². The average molecular weight is 198 g/mol. The Morgan fingerprint density at radius 1 is 1.29 bits per heavy atom. The van der Waals surface area contributed by atoms with E-state index in [0.29, 0.717) is 12.4 Å². The smallest absolute Gasteiger partial charge is 0.161 e. The lowest BCUT2D eigenvalue weighted by molar-refractivity contribution is -0.127. The summed E-state index contributed by atoms with van der Waals surface area (Å²) in [5, 5.41) is 0. The van der Waals surface area contributed by atoms with E-state index < -0.39 is 0 Å². The van der Waals surface area contributed by atoms with Crippen molar-refractivity contribution in [2.75, 3.05) is 13.7 Å². The standard InChI is InChI=1S/C12H22O2/c1-9(2)10-4-6-11(7-5-10)12(13)8-14-3/h9-11H,4-8H2,1-3H3. The van der Waals surface area contributed by atoms with E-state index >= 15 is 0 Å². The van der Waals surface area contributed by atoms with Crippen LogP contribution in [0, 0.1) is 17.8 Å². The van der Waals surface area contributed by atoms with E-state index in [1.54, 1.807) is 7.11 Å². The topological polar surface area (TPSA) is 26.3 Å². The minimum atomic E-state index is 0.282. The van der Waals surface area contributed by atoms with Crippen LogP contribution in [-0.2, 0) is 9.53 Å². The first-order valence-corrected chi connectivity index (χ1v) is 5.66. The Hall–Kier alpha value is -0.370. The van der Waals surface area contributed by atoms with Gasteiger partial charge in [0, 0.05) is 13.0 Å². The molecule has 0 saturated heterocycles. The van der Waals surface area contributed by atoms with Crippen molar-refractivity contribution in [2.24, 2.45) is 17.8 Å². The van der Waals surface area contributed by atoms with Crippen molar-refractivity contribution in [2.45, 2.75) is 39.5 Å². The quantitative estimate of drug-likeness (QED) is 0.694. The maximum Gasteiger partial charge on any atom is 0.161 e. The van der Waals surface area contributed by atoms with Crippen molar-refractivity contribution >= 4 is 5.78 Å². The van der Waals surface area contributed by atoms with Crippen LogP contribution in [0.15, 0.2) is 0 Å². The minimum absolute atomic E-state index is 0.282. The van der Waals surface area contributed by atoms with Gasteiger partial charge in [-0.2, -0.15) is 0 Å². The molecule has 1 aliphatic rings. The number of Topliss-reactive ketones (excluding diaryl/α,β-unsaturated/α-hetero) is 1. The molecule has 0 spiro atoms. The van der Waals surface area contributed by atoms with Gasteiger partial charge in [-0.3, -0.25) is 4.79 Å². The van der Waals surface area contributed by atoms with Crippen LogP contribution in [0.5, 0.6) is 0 Å². The average Bonchev–Trinajstić information content (AvgIpc) is 2.18. The molecule has 0 atom stereocenters. The molecule has 0 N–H and O–H groups in total. The van der Waals surface area contributed by atoms with Gasteiger partial charge < -0.3 is 4.74 Å². The molecule has 0 bridgehead atoms. The first-order chi connectivity index (χ1) is 6.65. The molecule has 2 heteroatoms. The number of carbonyl (C=O) groups is 1. The molecule has 0 aliphatic heterocycles. The molecule has 1 rings (SSSR count). The highest BCUT2D eigenvalue weighted by Crippen LogP contribution is 2.33. The maximum atomic E-state index is 11.5. The van der Waals surface area contributed by atoms with E-state index in [0.717, 1.165) is 24.7 Å². The summed E-state index contributed by atoms with van der Waals surface area (Å²) >= 11 is 0. The van der Waals surface area contributed by atoms with E-state index in [2.05, 4.69) is 13.8 Å². The fraction of sp³-hybridized carbons (Fsp3) is 0.917. The molecular weight excluding hydrogens is 176 g/mol.